The second kappa shape index (κ2) is 8.74. The van der Waals surface area contributed by atoms with E-state index in [-0.39, 0.29) is 18.4 Å². The van der Waals surface area contributed by atoms with E-state index >= 15 is 0 Å². The molecule has 0 aliphatic heterocycles. The fourth-order valence-electron chi connectivity index (χ4n) is 1.44. The Morgan fingerprint density at radius 3 is 2.42 bits per heavy atom. The highest BCUT2D eigenvalue weighted by Gasteiger charge is 2.15. The molecule has 0 aromatic rings. The minimum Gasteiger partial charge on any atom is -0.469 e. The third kappa shape index (κ3) is 11.5. The van der Waals surface area contributed by atoms with Crippen LogP contribution in [0.3, 0.4) is 0 Å². The molecule has 112 valence electrons. The quantitative estimate of drug-likeness (QED) is 0.543. The Morgan fingerprint density at radius 2 is 1.89 bits per heavy atom. The smallest absolute Gasteiger partial charge is 0.407 e. The summed E-state index contributed by atoms with van der Waals surface area (Å²) in [6, 6.07) is -0.186. The Kier molecular flexibility index (Phi) is 8.14. The Morgan fingerprint density at radius 1 is 1.26 bits per heavy atom. The lowest BCUT2D eigenvalue weighted by Crippen LogP contribution is -2.33. The number of rotatable bonds is 7. The van der Waals surface area contributed by atoms with Crippen LogP contribution in [0.2, 0.25) is 0 Å². The zero-order valence-corrected chi connectivity index (χ0v) is 12.3. The molecule has 0 saturated heterocycles. The van der Waals surface area contributed by atoms with Crippen molar-refractivity contribution in [3.63, 3.8) is 0 Å². The van der Waals surface area contributed by atoms with Gasteiger partial charge in [0.2, 0.25) is 0 Å². The van der Waals surface area contributed by atoms with Crippen molar-refractivity contribution < 1.29 is 19.1 Å². The van der Waals surface area contributed by atoms with Gasteiger partial charge in [0.25, 0.3) is 0 Å². The summed E-state index contributed by atoms with van der Waals surface area (Å²) in [4.78, 5) is 22.3. The maximum absolute atomic E-state index is 11.3. The van der Waals surface area contributed by atoms with Gasteiger partial charge in [0, 0.05) is 12.6 Å². The van der Waals surface area contributed by atoms with Gasteiger partial charge in [0.05, 0.1) is 13.5 Å². The summed E-state index contributed by atoms with van der Waals surface area (Å²) in [6.07, 6.45) is 2.19. The molecule has 0 bridgehead atoms. The normalized spacial score (nSPS) is 12.7. The van der Waals surface area contributed by atoms with Crippen LogP contribution in [0.15, 0.2) is 0 Å². The number of ether oxygens (including phenoxy) is 2. The van der Waals surface area contributed by atoms with Crippen molar-refractivity contribution >= 4 is 12.1 Å². The standard InChI is InChI=1S/C13H26N2O4/c1-13(2,3)19-12(17)15-8-6-5-7-10(14)9-11(16)18-4/h10H,5-9,14H2,1-4H3,(H,15,17)/t10-/m0/s1. The average Bonchev–Trinajstić information content (AvgIpc) is 2.25. The highest BCUT2D eigenvalue weighted by molar-refractivity contribution is 5.69. The van der Waals surface area contributed by atoms with Gasteiger partial charge in [0.15, 0.2) is 0 Å². The molecule has 0 spiro atoms. The van der Waals surface area contributed by atoms with Crippen molar-refractivity contribution in [2.45, 2.75) is 58.1 Å². The van der Waals surface area contributed by atoms with E-state index in [0.717, 1.165) is 19.3 Å². The number of nitrogens with one attached hydrogen (secondary N) is 1. The zero-order chi connectivity index (χ0) is 14.9. The number of unbranched alkanes of at least 4 members (excludes halogenated alkanes) is 1. The van der Waals surface area contributed by atoms with E-state index < -0.39 is 11.7 Å². The number of hydrogen-bond donors (Lipinski definition) is 2. The van der Waals surface area contributed by atoms with E-state index in [2.05, 4.69) is 10.1 Å². The maximum Gasteiger partial charge on any atom is 0.407 e. The first-order chi connectivity index (χ1) is 8.74. The number of amides is 1. The zero-order valence-electron chi connectivity index (χ0n) is 12.3. The van der Waals surface area contributed by atoms with E-state index in [1.165, 1.54) is 7.11 Å². The van der Waals surface area contributed by atoms with Gasteiger partial charge in [-0.15, -0.1) is 0 Å². The molecule has 0 fully saturated rings. The lowest BCUT2D eigenvalue weighted by molar-refractivity contribution is -0.141. The van der Waals surface area contributed by atoms with Crippen LogP contribution in [-0.2, 0) is 14.3 Å². The molecule has 0 rings (SSSR count). The molecule has 6 heteroatoms. The molecule has 0 saturated carbocycles. The van der Waals surface area contributed by atoms with Gasteiger partial charge in [0.1, 0.15) is 5.60 Å². The highest BCUT2D eigenvalue weighted by atomic mass is 16.6. The topological polar surface area (TPSA) is 90.6 Å². The van der Waals surface area contributed by atoms with E-state index in [1.54, 1.807) is 0 Å². The van der Waals surface area contributed by atoms with Crippen LogP contribution in [0.4, 0.5) is 4.79 Å². The van der Waals surface area contributed by atoms with Crippen LogP contribution in [0.25, 0.3) is 0 Å². The molecule has 0 radical (unpaired) electrons. The van der Waals surface area contributed by atoms with E-state index in [1.807, 2.05) is 20.8 Å². The van der Waals surface area contributed by atoms with Crippen LogP contribution in [0, 0.1) is 0 Å². The molecule has 6 nitrogen and oxygen atoms in total. The molecule has 1 amide bonds. The number of methoxy groups -OCH3 is 1. The predicted octanol–water partition coefficient (Wildman–Crippen LogP) is 1.57. The summed E-state index contributed by atoms with van der Waals surface area (Å²) in [5, 5.41) is 2.67. The van der Waals surface area contributed by atoms with Crippen LogP contribution in [0.5, 0.6) is 0 Å². The second-order valence-corrected chi connectivity index (χ2v) is 5.46. The van der Waals surface area contributed by atoms with Crippen molar-refractivity contribution in [2.75, 3.05) is 13.7 Å². The number of carbonyl (C=O) groups excluding carboxylic acids is 2. The second-order valence-electron chi connectivity index (χ2n) is 5.46. The number of carbonyl (C=O) groups is 2. The molecular formula is C13H26N2O4. The average molecular weight is 274 g/mol. The van der Waals surface area contributed by atoms with Crippen LogP contribution in [-0.4, -0.2) is 37.4 Å². The minimum absolute atomic E-state index is 0.186. The SMILES string of the molecule is COC(=O)C[C@@H](N)CCCCNC(=O)OC(C)(C)C. The van der Waals surface area contributed by atoms with Crippen LogP contribution >= 0.6 is 0 Å². The van der Waals surface area contributed by atoms with Gasteiger partial charge in [-0.2, -0.15) is 0 Å². The maximum atomic E-state index is 11.3. The van der Waals surface area contributed by atoms with Crippen molar-refractivity contribution in [3.8, 4) is 0 Å². The highest BCUT2D eigenvalue weighted by Crippen LogP contribution is 2.07. The molecule has 0 unspecified atom stereocenters. The summed E-state index contributed by atoms with van der Waals surface area (Å²) in [5.41, 5.74) is 5.28. The third-order valence-electron chi connectivity index (χ3n) is 2.33. The fourth-order valence-corrected chi connectivity index (χ4v) is 1.44. The number of alkyl carbamates (subject to hydrolysis) is 1. The predicted molar refractivity (Wildman–Crippen MR) is 72.7 cm³/mol. The van der Waals surface area contributed by atoms with Gasteiger partial charge < -0.3 is 20.5 Å². The first kappa shape index (κ1) is 17.7. The summed E-state index contributed by atoms with van der Waals surface area (Å²) in [6.45, 7) is 6.00. The van der Waals surface area contributed by atoms with Gasteiger partial charge in [-0.05, 0) is 33.6 Å². The van der Waals surface area contributed by atoms with Gasteiger partial charge in [-0.1, -0.05) is 6.42 Å². The van der Waals surface area contributed by atoms with E-state index in [9.17, 15) is 9.59 Å². The Labute approximate surface area is 115 Å². The number of nitrogens with two attached hydrogens (primary N) is 1. The molecule has 1 atom stereocenters. The van der Waals surface area contributed by atoms with Crippen LogP contribution < -0.4 is 11.1 Å². The number of esters is 1. The Hall–Kier alpha value is -1.30. The summed E-state index contributed by atoms with van der Waals surface area (Å²) < 4.78 is 9.63. The van der Waals surface area contributed by atoms with Gasteiger partial charge in [-0.3, -0.25) is 4.79 Å². The summed E-state index contributed by atoms with van der Waals surface area (Å²) in [5.74, 6) is -0.292. The lowest BCUT2D eigenvalue weighted by atomic mass is 10.1. The monoisotopic (exact) mass is 274 g/mol. The Bertz CT molecular complexity index is 287. The molecule has 0 aliphatic carbocycles. The largest absolute Gasteiger partial charge is 0.469 e. The van der Waals surface area contributed by atoms with E-state index in [0.29, 0.717) is 6.54 Å². The van der Waals surface area contributed by atoms with E-state index in [4.69, 9.17) is 10.5 Å². The van der Waals surface area contributed by atoms with Crippen molar-refractivity contribution in [2.24, 2.45) is 5.73 Å². The number of hydrogen-bond acceptors (Lipinski definition) is 5. The third-order valence-corrected chi connectivity index (χ3v) is 2.33. The first-order valence-electron chi connectivity index (χ1n) is 6.54. The van der Waals surface area contributed by atoms with Crippen molar-refractivity contribution in [1.82, 2.24) is 5.32 Å². The molecule has 0 aliphatic rings. The van der Waals surface area contributed by atoms with Gasteiger partial charge >= 0.3 is 12.1 Å². The Balaban J connectivity index is 3.55. The lowest BCUT2D eigenvalue weighted by Gasteiger charge is -2.19. The molecule has 0 heterocycles. The van der Waals surface area contributed by atoms with Crippen molar-refractivity contribution in [1.29, 1.82) is 0 Å². The molecule has 19 heavy (non-hydrogen) atoms. The first-order valence-corrected chi connectivity index (χ1v) is 6.54. The van der Waals surface area contributed by atoms with Crippen LogP contribution in [0.1, 0.15) is 46.5 Å². The van der Waals surface area contributed by atoms with Gasteiger partial charge in [-0.25, -0.2) is 4.79 Å². The molecule has 3 N–H and O–H groups in total. The summed E-state index contributed by atoms with van der Waals surface area (Å²) >= 11 is 0. The molecule has 0 aromatic heterocycles. The molecular weight excluding hydrogens is 248 g/mol. The molecule has 0 aromatic carbocycles. The summed E-state index contributed by atoms with van der Waals surface area (Å²) in [7, 11) is 1.35. The van der Waals surface area contributed by atoms with Crippen molar-refractivity contribution in [3.05, 3.63) is 0 Å². The fraction of sp³-hybridized carbons (Fsp3) is 0.846. The minimum atomic E-state index is -0.479.